The Kier molecular flexibility index (Phi) is 4.36. The molecule has 2 heterocycles. The molecule has 5 heteroatoms. The molecule has 2 unspecified atom stereocenters. The van der Waals surface area contributed by atoms with Gasteiger partial charge in [0, 0.05) is 32.8 Å². The molecule has 98 valence electrons. The van der Waals surface area contributed by atoms with Crippen molar-refractivity contribution in [2.45, 2.75) is 18.9 Å². The van der Waals surface area contributed by atoms with Crippen molar-refractivity contribution >= 4 is 5.91 Å². The number of rotatable bonds is 3. The number of ether oxygens (including phenoxy) is 2. The van der Waals surface area contributed by atoms with Crippen LogP contribution in [0.2, 0.25) is 0 Å². The van der Waals surface area contributed by atoms with Crippen molar-refractivity contribution in [3.05, 3.63) is 0 Å². The Hall–Kier alpha value is -0.650. The molecule has 0 spiro atoms. The zero-order chi connectivity index (χ0) is 12.3. The third kappa shape index (κ3) is 3.18. The number of carbonyl (C=O) groups is 1. The van der Waals surface area contributed by atoms with Gasteiger partial charge in [-0.2, -0.15) is 0 Å². The highest BCUT2D eigenvalue weighted by Gasteiger charge is 2.33. The van der Waals surface area contributed by atoms with Gasteiger partial charge in [0.05, 0.1) is 19.1 Å². The predicted molar refractivity (Wildman–Crippen MR) is 63.5 cm³/mol. The number of amides is 1. The Morgan fingerprint density at radius 1 is 1.29 bits per heavy atom. The Bertz CT molecular complexity index is 266. The zero-order valence-corrected chi connectivity index (χ0v) is 10.4. The van der Waals surface area contributed by atoms with Crippen LogP contribution in [0.3, 0.4) is 0 Å². The number of hydrogen-bond donors (Lipinski definition) is 1. The lowest BCUT2D eigenvalue weighted by atomic mass is 9.98. The van der Waals surface area contributed by atoms with Crippen LogP contribution in [0.4, 0.5) is 0 Å². The Balaban J connectivity index is 1.81. The summed E-state index contributed by atoms with van der Waals surface area (Å²) in [4.78, 5) is 14.0. The molecule has 2 saturated heterocycles. The van der Waals surface area contributed by atoms with Crippen molar-refractivity contribution in [2.75, 3.05) is 40.0 Å². The minimum absolute atomic E-state index is 0.126. The van der Waals surface area contributed by atoms with E-state index in [1.165, 1.54) is 0 Å². The minimum Gasteiger partial charge on any atom is -0.381 e. The first-order valence-electron chi connectivity index (χ1n) is 6.34. The van der Waals surface area contributed by atoms with Gasteiger partial charge in [-0.15, -0.1) is 0 Å². The van der Waals surface area contributed by atoms with Crippen molar-refractivity contribution in [3.8, 4) is 0 Å². The molecule has 2 aliphatic rings. The fourth-order valence-electron chi connectivity index (χ4n) is 2.51. The van der Waals surface area contributed by atoms with Crippen LogP contribution in [0.25, 0.3) is 0 Å². The fourth-order valence-corrected chi connectivity index (χ4v) is 2.51. The summed E-state index contributed by atoms with van der Waals surface area (Å²) in [5.74, 6) is 0.539. The lowest BCUT2D eigenvalue weighted by Gasteiger charge is -2.29. The molecule has 0 aliphatic carbocycles. The smallest absolute Gasteiger partial charge is 0.229 e. The molecule has 2 fully saturated rings. The summed E-state index contributed by atoms with van der Waals surface area (Å²) in [7, 11) is 1.86. The standard InChI is InChI=1S/C12H22N2O3/c1-14(6-9-2-4-16-5-3-9)12(15)10-7-17-8-11(10)13/h9-11H,2-8,13H2,1H3. The van der Waals surface area contributed by atoms with Gasteiger partial charge < -0.3 is 20.1 Å². The number of hydrogen-bond acceptors (Lipinski definition) is 4. The zero-order valence-electron chi connectivity index (χ0n) is 10.4. The molecule has 2 rings (SSSR count). The second-order valence-corrected chi connectivity index (χ2v) is 5.08. The summed E-state index contributed by atoms with van der Waals surface area (Å²) in [6.45, 7) is 3.42. The van der Waals surface area contributed by atoms with Gasteiger partial charge in [0.15, 0.2) is 0 Å². The van der Waals surface area contributed by atoms with E-state index in [0.29, 0.717) is 19.1 Å². The van der Waals surface area contributed by atoms with Gasteiger partial charge in [0.1, 0.15) is 0 Å². The monoisotopic (exact) mass is 242 g/mol. The van der Waals surface area contributed by atoms with Gasteiger partial charge in [-0.3, -0.25) is 4.79 Å². The summed E-state index contributed by atoms with van der Waals surface area (Å²) in [6.07, 6.45) is 2.09. The molecule has 0 saturated carbocycles. The number of nitrogens with zero attached hydrogens (tertiary/aromatic N) is 1. The topological polar surface area (TPSA) is 64.8 Å². The second-order valence-electron chi connectivity index (χ2n) is 5.08. The van der Waals surface area contributed by atoms with Crippen LogP contribution in [0, 0.1) is 11.8 Å². The van der Waals surface area contributed by atoms with Crippen LogP contribution in [0.5, 0.6) is 0 Å². The van der Waals surface area contributed by atoms with E-state index in [9.17, 15) is 4.79 Å². The molecule has 0 aromatic carbocycles. The van der Waals surface area contributed by atoms with E-state index in [-0.39, 0.29) is 17.9 Å². The van der Waals surface area contributed by atoms with Gasteiger partial charge in [0.25, 0.3) is 0 Å². The summed E-state index contributed by atoms with van der Waals surface area (Å²) < 4.78 is 10.6. The second kappa shape index (κ2) is 5.80. The predicted octanol–water partition coefficient (Wildman–Crippen LogP) is -0.155. The van der Waals surface area contributed by atoms with Crippen LogP contribution >= 0.6 is 0 Å². The van der Waals surface area contributed by atoms with E-state index in [1.807, 2.05) is 11.9 Å². The van der Waals surface area contributed by atoms with Crippen molar-refractivity contribution < 1.29 is 14.3 Å². The summed E-state index contributed by atoms with van der Waals surface area (Å²) in [5.41, 5.74) is 5.86. The Morgan fingerprint density at radius 3 is 2.59 bits per heavy atom. The van der Waals surface area contributed by atoms with Crippen LogP contribution in [0.15, 0.2) is 0 Å². The van der Waals surface area contributed by atoms with Gasteiger partial charge in [0.2, 0.25) is 5.91 Å². The van der Waals surface area contributed by atoms with E-state index >= 15 is 0 Å². The maximum absolute atomic E-state index is 12.2. The summed E-state index contributed by atoms with van der Waals surface area (Å²) >= 11 is 0. The normalized spacial score (nSPS) is 30.5. The SMILES string of the molecule is CN(CC1CCOCC1)C(=O)C1COCC1N. The molecule has 0 aromatic rings. The Labute approximate surface area is 102 Å². The van der Waals surface area contributed by atoms with Crippen molar-refractivity contribution in [1.29, 1.82) is 0 Å². The molecule has 2 aliphatic heterocycles. The number of nitrogens with two attached hydrogens (primary N) is 1. The Morgan fingerprint density at radius 2 is 2.00 bits per heavy atom. The molecule has 0 bridgehead atoms. The molecule has 2 atom stereocenters. The summed E-state index contributed by atoms with van der Waals surface area (Å²) in [6, 6.07) is -0.139. The average Bonchev–Trinajstić information content (AvgIpc) is 2.76. The highest BCUT2D eigenvalue weighted by atomic mass is 16.5. The fraction of sp³-hybridized carbons (Fsp3) is 0.917. The van der Waals surface area contributed by atoms with Crippen molar-refractivity contribution in [2.24, 2.45) is 17.6 Å². The lowest BCUT2D eigenvalue weighted by molar-refractivity contribution is -0.135. The molecule has 5 nitrogen and oxygen atoms in total. The first-order valence-corrected chi connectivity index (χ1v) is 6.34. The quantitative estimate of drug-likeness (QED) is 0.747. The summed E-state index contributed by atoms with van der Waals surface area (Å²) in [5, 5.41) is 0. The van der Waals surface area contributed by atoms with Gasteiger partial charge in [-0.1, -0.05) is 0 Å². The number of carbonyl (C=O) groups excluding carboxylic acids is 1. The highest BCUT2D eigenvalue weighted by molar-refractivity contribution is 5.79. The minimum atomic E-state index is -0.153. The highest BCUT2D eigenvalue weighted by Crippen LogP contribution is 2.19. The van der Waals surface area contributed by atoms with Crippen molar-refractivity contribution in [3.63, 3.8) is 0 Å². The molecule has 2 N–H and O–H groups in total. The maximum Gasteiger partial charge on any atom is 0.229 e. The third-order valence-corrected chi connectivity index (χ3v) is 3.69. The van der Waals surface area contributed by atoms with Gasteiger partial charge in [-0.05, 0) is 18.8 Å². The van der Waals surface area contributed by atoms with Crippen LogP contribution in [0.1, 0.15) is 12.8 Å². The average molecular weight is 242 g/mol. The third-order valence-electron chi connectivity index (χ3n) is 3.69. The van der Waals surface area contributed by atoms with Crippen molar-refractivity contribution in [1.82, 2.24) is 4.90 Å². The molecule has 0 radical (unpaired) electrons. The van der Waals surface area contributed by atoms with Crippen LogP contribution < -0.4 is 5.73 Å². The van der Waals surface area contributed by atoms with Crippen LogP contribution in [-0.2, 0) is 14.3 Å². The van der Waals surface area contributed by atoms with E-state index in [4.69, 9.17) is 15.2 Å². The lowest BCUT2D eigenvalue weighted by Crippen LogP contribution is -2.44. The molecule has 1 amide bonds. The van der Waals surface area contributed by atoms with E-state index in [0.717, 1.165) is 32.6 Å². The molecular formula is C12H22N2O3. The first-order chi connectivity index (χ1) is 8.18. The maximum atomic E-state index is 12.2. The van der Waals surface area contributed by atoms with Gasteiger partial charge >= 0.3 is 0 Å². The molecular weight excluding hydrogens is 220 g/mol. The van der Waals surface area contributed by atoms with E-state index in [2.05, 4.69) is 0 Å². The first kappa shape index (κ1) is 12.8. The molecule has 0 aromatic heterocycles. The largest absolute Gasteiger partial charge is 0.381 e. The van der Waals surface area contributed by atoms with E-state index in [1.54, 1.807) is 0 Å². The van der Waals surface area contributed by atoms with Gasteiger partial charge in [-0.25, -0.2) is 0 Å². The molecule has 17 heavy (non-hydrogen) atoms. The van der Waals surface area contributed by atoms with Crippen LogP contribution in [-0.4, -0.2) is 56.9 Å². The van der Waals surface area contributed by atoms with E-state index < -0.39 is 0 Å².